The molecule has 0 aliphatic heterocycles. The van der Waals surface area contributed by atoms with Crippen LogP contribution in [0.4, 0.5) is 0 Å². The van der Waals surface area contributed by atoms with Crippen LogP contribution in [-0.2, 0) is 0 Å². The van der Waals surface area contributed by atoms with Crippen molar-refractivity contribution in [1.29, 1.82) is 0 Å². The van der Waals surface area contributed by atoms with Crippen LogP contribution >= 0.6 is 0 Å². The first kappa shape index (κ1) is 12.4. The molecule has 0 bridgehead atoms. The normalized spacial score (nSPS) is 22.7. The summed E-state index contributed by atoms with van der Waals surface area (Å²) in [5, 5.41) is 11.4. The predicted molar refractivity (Wildman–Crippen MR) is 54.9 cm³/mol. The molecular formula is C9H21N3O. The van der Waals surface area contributed by atoms with E-state index in [1.807, 2.05) is 27.7 Å². The molecule has 0 spiro atoms. The highest BCUT2D eigenvalue weighted by Gasteiger charge is 2.46. The minimum atomic E-state index is -0.833. The summed E-state index contributed by atoms with van der Waals surface area (Å²) in [6, 6.07) is 0. The Morgan fingerprint density at radius 1 is 1.08 bits per heavy atom. The van der Waals surface area contributed by atoms with Crippen LogP contribution in [0.25, 0.3) is 0 Å². The van der Waals surface area contributed by atoms with E-state index >= 15 is 0 Å². The Kier molecular flexibility index (Phi) is 3.12. The number of hydrogen-bond donors (Lipinski definition) is 3. The molecule has 13 heavy (non-hydrogen) atoms. The van der Waals surface area contributed by atoms with Crippen LogP contribution in [0.3, 0.4) is 0 Å². The minimum absolute atomic E-state index is 0.169. The van der Waals surface area contributed by atoms with Crippen LogP contribution in [0.5, 0.6) is 0 Å². The van der Waals surface area contributed by atoms with Crippen molar-refractivity contribution < 1.29 is 5.21 Å². The van der Waals surface area contributed by atoms with Gasteiger partial charge in [-0.3, -0.25) is 0 Å². The van der Waals surface area contributed by atoms with Crippen LogP contribution in [-0.4, -0.2) is 22.5 Å². The van der Waals surface area contributed by atoms with Gasteiger partial charge in [0.1, 0.15) is 0 Å². The monoisotopic (exact) mass is 187 g/mol. The second-order valence-electron chi connectivity index (χ2n) is 4.98. The number of hydrogen-bond acceptors (Lipinski definition) is 4. The van der Waals surface area contributed by atoms with Gasteiger partial charge in [-0.25, -0.2) is 0 Å². The Hall–Kier alpha value is -0.610. The van der Waals surface area contributed by atoms with E-state index in [0.717, 1.165) is 0 Å². The Labute approximate surface area is 80.0 Å². The molecular weight excluding hydrogens is 166 g/mol. The maximum Gasteiger partial charge on any atom is 0.0702 e. The fourth-order valence-corrected chi connectivity index (χ4v) is 1.06. The van der Waals surface area contributed by atoms with Crippen molar-refractivity contribution in [2.75, 3.05) is 0 Å². The van der Waals surface area contributed by atoms with Gasteiger partial charge < -0.3 is 16.7 Å². The second-order valence-corrected chi connectivity index (χ2v) is 4.98. The average Bonchev–Trinajstić information content (AvgIpc) is 1.84. The highest BCUT2D eigenvalue weighted by molar-refractivity contribution is 5.71. The molecule has 0 amide bonds. The van der Waals surface area contributed by atoms with Crippen LogP contribution in [0.15, 0.2) is 5.16 Å². The molecule has 0 saturated heterocycles. The lowest BCUT2D eigenvalue weighted by Gasteiger charge is -2.47. The van der Waals surface area contributed by atoms with Gasteiger partial charge in [0.25, 0.3) is 0 Å². The molecule has 4 nitrogen and oxygen atoms in total. The van der Waals surface area contributed by atoms with Gasteiger partial charge in [-0.05, 0) is 19.3 Å². The third-order valence-electron chi connectivity index (χ3n) is 3.00. The lowest BCUT2D eigenvalue weighted by molar-refractivity contribution is 0.151. The summed E-state index contributed by atoms with van der Waals surface area (Å²) in [7, 11) is 0. The molecule has 2 unspecified atom stereocenters. The average molecular weight is 187 g/mol. The molecule has 0 radical (unpaired) electrons. The molecule has 0 aromatic heterocycles. The zero-order valence-electron chi connectivity index (χ0n) is 9.13. The Bertz CT molecular complexity index is 201. The van der Waals surface area contributed by atoms with E-state index in [9.17, 15) is 0 Å². The molecule has 0 saturated carbocycles. The standard InChI is InChI=1S/C9H21N3O/c1-7(2,3)9(5,11)8(4,10)6-12-13/h6,13H,10-11H2,1-5H3. The first-order chi connectivity index (χ1) is 5.56. The fourth-order valence-electron chi connectivity index (χ4n) is 1.06. The van der Waals surface area contributed by atoms with Gasteiger partial charge in [0, 0.05) is 5.54 Å². The molecule has 5 N–H and O–H groups in total. The predicted octanol–water partition coefficient (Wildman–Crippen LogP) is 0.927. The van der Waals surface area contributed by atoms with Crippen molar-refractivity contribution in [1.82, 2.24) is 0 Å². The third-order valence-corrected chi connectivity index (χ3v) is 3.00. The molecule has 0 fully saturated rings. The van der Waals surface area contributed by atoms with E-state index in [1.54, 1.807) is 6.92 Å². The summed E-state index contributed by atoms with van der Waals surface area (Å²) in [6.07, 6.45) is 1.28. The molecule has 0 aromatic rings. The molecule has 4 heteroatoms. The minimum Gasteiger partial charge on any atom is -0.411 e. The summed E-state index contributed by atoms with van der Waals surface area (Å²) in [5.41, 5.74) is 10.4. The molecule has 2 atom stereocenters. The summed E-state index contributed by atoms with van der Waals surface area (Å²) < 4.78 is 0. The highest BCUT2D eigenvalue weighted by atomic mass is 16.4. The van der Waals surface area contributed by atoms with E-state index in [4.69, 9.17) is 16.7 Å². The lowest BCUT2D eigenvalue weighted by atomic mass is 9.65. The van der Waals surface area contributed by atoms with Gasteiger partial charge in [0.05, 0.1) is 11.8 Å². The number of rotatable bonds is 2. The first-order valence-corrected chi connectivity index (χ1v) is 4.32. The van der Waals surface area contributed by atoms with Crippen molar-refractivity contribution in [3.63, 3.8) is 0 Å². The number of oxime groups is 1. The van der Waals surface area contributed by atoms with Crippen molar-refractivity contribution in [3.05, 3.63) is 0 Å². The van der Waals surface area contributed by atoms with E-state index < -0.39 is 11.1 Å². The molecule has 0 heterocycles. The largest absolute Gasteiger partial charge is 0.411 e. The zero-order chi connectivity index (χ0) is 10.9. The van der Waals surface area contributed by atoms with Gasteiger partial charge in [0.2, 0.25) is 0 Å². The van der Waals surface area contributed by atoms with Crippen molar-refractivity contribution >= 4 is 6.21 Å². The Morgan fingerprint density at radius 2 is 1.46 bits per heavy atom. The van der Waals surface area contributed by atoms with E-state index in [1.165, 1.54) is 6.21 Å². The Balaban J connectivity index is 5.03. The third kappa shape index (κ3) is 2.19. The second kappa shape index (κ2) is 3.27. The van der Waals surface area contributed by atoms with Gasteiger partial charge in [-0.2, -0.15) is 0 Å². The number of nitrogens with zero attached hydrogens (tertiary/aromatic N) is 1. The smallest absolute Gasteiger partial charge is 0.0702 e. The zero-order valence-corrected chi connectivity index (χ0v) is 9.13. The molecule has 0 aromatic carbocycles. The van der Waals surface area contributed by atoms with Crippen molar-refractivity contribution in [3.8, 4) is 0 Å². The summed E-state index contributed by atoms with van der Waals surface area (Å²) in [4.78, 5) is 0. The topological polar surface area (TPSA) is 84.6 Å². The first-order valence-electron chi connectivity index (χ1n) is 4.32. The van der Waals surface area contributed by atoms with Gasteiger partial charge in [0.15, 0.2) is 0 Å². The Morgan fingerprint density at radius 3 is 1.69 bits per heavy atom. The fraction of sp³-hybridized carbons (Fsp3) is 0.889. The van der Waals surface area contributed by atoms with Crippen LogP contribution in [0.1, 0.15) is 34.6 Å². The quantitative estimate of drug-likeness (QED) is 0.341. The van der Waals surface area contributed by atoms with Crippen LogP contribution in [0, 0.1) is 5.41 Å². The SMILES string of the molecule is CC(C)(C)C(C)(N)C(C)(N)C=NO. The lowest BCUT2D eigenvalue weighted by Crippen LogP contribution is -2.69. The van der Waals surface area contributed by atoms with Crippen LogP contribution in [0.2, 0.25) is 0 Å². The van der Waals surface area contributed by atoms with Crippen molar-refractivity contribution in [2.45, 2.75) is 45.7 Å². The maximum atomic E-state index is 8.46. The summed E-state index contributed by atoms with van der Waals surface area (Å²) >= 11 is 0. The summed E-state index contributed by atoms with van der Waals surface area (Å²) in [5.74, 6) is 0. The van der Waals surface area contributed by atoms with E-state index in [2.05, 4.69) is 5.16 Å². The summed E-state index contributed by atoms with van der Waals surface area (Å²) in [6.45, 7) is 9.61. The van der Waals surface area contributed by atoms with Gasteiger partial charge >= 0.3 is 0 Å². The van der Waals surface area contributed by atoms with E-state index in [-0.39, 0.29) is 5.41 Å². The molecule has 0 rings (SSSR count). The molecule has 0 aliphatic carbocycles. The van der Waals surface area contributed by atoms with Gasteiger partial charge in [-0.15, -0.1) is 5.16 Å². The number of nitrogens with two attached hydrogens (primary N) is 2. The highest BCUT2D eigenvalue weighted by Crippen LogP contribution is 2.34. The van der Waals surface area contributed by atoms with Crippen LogP contribution < -0.4 is 11.5 Å². The van der Waals surface area contributed by atoms with Gasteiger partial charge in [-0.1, -0.05) is 20.8 Å². The van der Waals surface area contributed by atoms with E-state index in [0.29, 0.717) is 0 Å². The molecule has 0 aliphatic rings. The maximum absolute atomic E-state index is 8.46. The van der Waals surface area contributed by atoms with Crippen molar-refractivity contribution in [2.24, 2.45) is 22.0 Å². The molecule has 78 valence electrons.